The minimum atomic E-state index is -1.69. The van der Waals surface area contributed by atoms with E-state index in [0.717, 1.165) is 58.0 Å². The second-order valence-corrected chi connectivity index (χ2v) is 24.5. The van der Waals surface area contributed by atoms with Crippen molar-refractivity contribution in [1.29, 1.82) is 0 Å². The number of aryl methyl sites for hydroxylation is 2. The highest BCUT2D eigenvalue weighted by molar-refractivity contribution is 7.21. The lowest BCUT2D eigenvalue weighted by atomic mass is 10.1. The number of ether oxygens (including phenoxy) is 2. The normalized spacial score (nSPS) is 12.4. The number of rotatable bonds is 16. The van der Waals surface area contributed by atoms with Gasteiger partial charge in [-0.25, -0.2) is 0 Å². The zero-order valence-electron chi connectivity index (χ0n) is 34.8. The Hall–Kier alpha value is -3.22. The molecule has 0 aliphatic heterocycles. The predicted molar refractivity (Wildman–Crippen MR) is 229 cm³/mol. The van der Waals surface area contributed by atoms with Gasteiger partial charge in [-0.3, -0.25) is 19.2 Å². The summed E-state index contributed by atoms with van der Waals surface area (Å²) in [6, 6.07) is 16.3. The molecule has 0 amide bonds. The van der Waals surface area contributed by atoms with E-state index in [4.69, 9.17) is 19.0 Å². The Kier molecular flexibility index (Phi) is 16.6. The molecule has 0 saturated heterocycles. The van der Waals surface area contributed by atoms with Crippen LogP contribution in [0.5, 0.6) is 0 Å². The van der Waals surface area contributed by atoms with E-state index in [2.05, 4.69) is 58.1 Å². The highest BCUT2D eigenvalue weighted by atomic mass is 32.1. The van der Waals surface area contributed by atoms with Gasteiger partial charge in [0.15, 0.2) is 19.9 Å². The second-order valence-electron chi connectivity index (χ2n) is 17.5. The number of hydrogen-bond donors (Lipinski definition) is 1. The fourth-order valence-corrected chi connectivity index (χ4v) is 8.45. The summed E-state index contributed by atoms with van der Waals surface area (Å²) in [4.78, 5) is 49.8. The highest BCUT2D eigenvalue weighted by Crippen LogP contribution is 2.37. The summed E-state index contributed by atoms with van der Waals surface area (Å²) in [5.74, 6) is -0.706. The average molecular weight is 811 g/mol. The summed E-state index contributed by atoms with van der Waals surface area (Å²) < 4.78 is 18.9. The summed E-state index contributed by atoms with van der Waals surface area (Å²) >= 11 is 2.94. The Morgan fingerprint density at radius 3 is 1.42 bits per heavy atom. The van der Waals surface area contributed by atoms with Gasteiger partial charge in [-0.15, -0.1) is 22.7 Å². The number of esters is 2. The molecular weight excluding hydrogens is 749 g/mol. The van der Waals surface area contributed by atoms with Gasteiger partial charge in [-0.1, -0.05) is 45.0 Å². The molecule has 0 fully saturated rings. The molecule has 4 aromatic rings. The largest absolute Gasteiger partial charge is 0.460 e. The molecule has 2 heterocycles. The molecule has 0 bridgehead atoms. The number of carbonyl (C=O) groups excluding carboxylic acids is 4. The zero-order chi connectivity index (χ0) is 41.2. The lowest BCUT2D eigenvalue weighted by Crippen LogP contribution is -2.41. The Balaban J connectivity index is 0.000000305. The van der Waals surface area contributed by atoms with Gasteiger partial charge >= 0.3 is 11.9 Å². The molecule has 0 saturated carbocycles. The number of benzene rings is 2. The number of thiophene rings is 2. The van der Waals surface area contributed by atoms with Crippen molar-refractivity contribution in [1.82, 2.24) is 0 Å². The van der Waals surface area contributed by atoms with E-state index < -0.39 is 19.5 Å². The molecule has 0 aliphatic carbocycles. The third-order valence-electron chi connectivity index (χ3n) is 9.17. The van der Waals surface area contributed by atoms with Crippen LogP contribution in [0, 0.1) is 0 Å². The molecule has 4 rings (SSSR count). The first kappa shape index (κ1) is 46.2. The summed E-state index contributed by atoms with van der Waals surface area (Å²) in [6.07, 6.45) is 4.07. The van der Waals surface area contributed by atoms with Crippen molar-refractivity contribution in [3.05, 3.63) is 69.4 Å². The topological polar surface area (TPSA) is 116 Å². The molecule has 0 atom stereocenters. The van der Waals surface area contributed by atoms with Gasteiger partial charge < -0.3 is 19.0 Å². The summed E-state index contributed by atoms with van der Waals surface area (Å²) in [6.45, 7) is 23.2. The van der Waals surface area contributed by atoms with Gasteiger partial charge in [-0.05, 0) is 132 Å². The number of aliphatic hydroxyl groups is 1. The molecule has 55 heavy (non-hydrogen) atoms. The maximum absolute atomic E-state index is 12.5. The first-order chi connectivity index (χ1) is 25.5. The minimum Gasteiger partial charge on any atom is -0.460 e. The van der Waals surface area contributed by atoms with E-state index in [-0.39, 0.29) is 60.8 Å². The third kappa shape index (κ3) is 15.7. The number of carbonyl (C=O) groups is 4. The van der Waals surface area contributed by atoms with E-state index in [1.807, 2.05) is 65.8 Å². The highest BCUT2D eigenvalue weighted by Gasteiger charge is 2.36. The van der Waals surface area contributed by atoms with Crippen molar-refractivity contribution >= 4 is 74.7 Å². The Labute approximate surface area is 337 Å². The van der Waals surface area contributed by atoms with Crippen molar-refractivity contribution in [3.63, 3.8) is 0 Å². The predicted octanol–water partition coefficient (Wildman–Crippen LogP) is 11.3. The average Bonchev–Trinajstić information content (AvgIpc) is 3.69. The Morgan fingerprint density at radius 1 is 0.618 bits per heavy atom. The molecule has 1 N–H and O–H groups in total. The van der Waals surface area contributed by atoms with Crippen LogP contribution in [0.15, 0.2) is 48.5 Å². The van der Waals surface area contributed by atoms with Gasteiger partial charge in [0.05, 0.1) is 22.6 Å². The van der Waals surface area contributed by atoms with Crippen LogP contribution < -0.4 is 0 Å². The van der Waals surface area contributed by atoms with Crippen LogP contribution in [0.2, 0.25) is 18.1 Å². The van der Waals surface area contributed by atoms with Crippen molar-refractivity contribution in [2.24, 2.45) is 0 Å². The third-order valence-corrected chi connectivity index (χ3v) is 16.0. The smallest absolute Gasteiger partial charge is 0.306 e. The fraction of sp³-hybridized carbons (Fsp3) is 0.545. The quantitative estimate of drug-likeness (QED) is 0.0515. The lowest BCUT2D eigenvalue weighted by molar-refractivity contribution is -0.155. The zero-order valence-corrected chi connectivity index (χ0v) is 37.4. The van der Waals surface area contributed by atoms with E-state index >= 15 is 0 Å². The molecule has 2 aromatic carbocycles. The number of ketones is 2. The van der Waals surface area contributed by atoms with Crippen LogP contribution >= 0.6 is 22.7 Å². The van der Waals surface area contributed by atoms with Crippen LogP contribution in [0.3, 0.4) is 0 Å². The van der Waals surface area contributed by atoms with Gasteiger partial charge in [0, 0.05) is 35.5 Å². The maximum Gasteiger partial charge on any atom is 0.306 e. The standard InChI is InChI=1S/C25H38O4SSi.C19H24O4S/c1-24(2,3)29-23(27)14-12-20(26)22-17-19-16-18(11-13-21(19)30-22)10-9-15-28-31(7,8)25(4,5)6;1-19(2,3)23-18(22)9-7-15(21)17-12-14-11-13(5-4-10-20)6-8-16(14)24-17/h11,13,16-17H,9-10,12,14-15H2,1-8H3;6,8,11-12,20H,4-5,7,9-10H2,1-3H3. The van der Waals surface area contributed by atoms with Crippen LogP contribution in [0.25, 0.3) is 20.2 Å². The van der Waals surface area contributed by atoms with Crippen molar-refractivity contribution in [3.8, 4) is 0 Å². The fourth-order valence-electron chi connectivity index (χ4n) is 5.34. The second kappa shape index (κ2) is 19.8. The van der Waals surface area contributed by atoms with Crippen molar-refractivity contribution in [2.75, 3.05) is 13.2 Å². The van der Waals surface area contributed by atoms with Crippen molar-refractivity contribution in [2.45, 2.75) is 143 Å². The van der Waals surface area contributed by atoms with E-state index in [1.54, 1.807) is 0 Å². The minimum absolute atomic E-state index is 0.00335. The SMILES string of the molecule is CC(C)(C)OC(=O)CCC(=O)c1cc2cc(CCCO)ccc2s1.CC(C)(C)OC(=O)CCC(=O)c1cc2cc(CCCO[Si](C)(C)C(C)(C)C)ccc2s1. The van der Waals surface area contributed by atoms with Gasteiger partial charge in [0.25, 0.3) is 0 Å². The Morgan fingerprint density at radius 2 is 1.04 bits per heavy atom. The molecule has 11 heteroatoms. The first-order valence-corrected chi connectivity index (χ1v) is 23.8. The summed E-state index contributed by atoms with van der Waals surface area (Å²) in [7, 11) is -1.69. The number of hydrogen-bond acceptors (Lipinski definition) is 10. The van der Waals surface area contributed by atoms with Gasteiger partial charge in [-0.2, -0.15) is 0 Å². The summed E-state index contributed by atoms with van der Waals surface area (Å²) in [5, 5.41) is 11.3. The molecule has 0 radical (unpaired) electrons. The van der Waals surface area contributed by atoms with Crippen molar-refractivity contribution < 1.29 is 38.2 Å². The number of Topliss-reactive ketones (excluding diaryl/α,β-unsaturated/α-hetero) is 2. The molecule has 302 valence electrons. The van der Waals surface area contributed by atoms with Gasteiger partial charge in [0.1, 0.15) is 11.2 Å². The maximum atomic E-state index is 12.5. The van der Waals surface area contributed by atoms with E-state index in [0.29, 0.717) is 9.75 Å². The van der Waals surface area contributed by atoms with Crippen LogP contribution in [0.4, 0.5) is 0 Å². The molecular formula is C44H62O8S2Si. The van der Waals surface area contributed by atoms with Crippen LogP contribution in [-0.2, 0) is 36.3 Å². The first-order valence-electron chi connectivity index (χ1n) is 19.3. The molecule has 2 aromatic heterocycles. The molecule has 0 unspecified atom stereocenters. The van der Waals surface area contributed by atoms with Crippen LogP contribution in [-0.4, -0.2) is 61.3 Å². The summed E-state index contributed by atoms with van der Waals surface area (Å²) in [5.41, 5.74) is 1.37. The molecule has 0 aliphatic rings. The Bertz CT molecular complexity index is 1920. The van der Waals surface area contributed by atoms with Crippen LogP contribution in [0.1, 0.15) is 131 Å². The number of aliphatic hydroxyl groups excluding tert-OH is 1. The van der Waals surface area contributed by atoms with Gasteiger partial charge in [0.2, 0.25) is 0 Å². The molecule has 8 nitrogen and oxygen atoms in total. The van der Waals surface area contributed by atoms with E-state index in [1.165, 1.54) is 28.2 Å². The lowest BCUT2D eigenvalue weighted by Gasteiger charge is -2.36. The van der Waals surface area contributed by atoms with E-state index in [9.17, 15) is 19.2 Å². The monoisotopic (exact) mass is 810 g/mol. The number of fused-ring (bicyclic) bond motifs is 2. The molecule has 0 spiro atoms.